The molecule has 0 spiro atoms. The number of hydrogen-bond acceptors (Lipinski definition) is 3. The highest BCUT2D eigenvalue weighted by atomic mass is 16.6. The van der Waals surface area contributed by atoms with Crippen LogP contribution < -0.4 is 5.73 Å². The Balaban J connectivity index is 2.66. The smallest absolute Gasteiger partial charge is 0.410 e. The number of nitrogens with zero attached hydrogens (tertiary/aromatic N) is 1. The Morgan fingerprint density at radius 2 is 1.75 bits per heavy atom. The van der Waals surface area contributed by atoms with E-state index in [9.17, 15) is 4.79 Å². The zero-order valence-electron chi connectivity index (χ0n) is 13.9. The number of nitrogens with two attached hydrogens (primary N) is 1. The number of rotatable bonds is 2. The number of amides is 1. The van der Waals surface area contributed by atoms with Crippen LogP contribution in [0.3, 0.4) is 0 Å². The summed E-state index contributed by atoms with van der Waals surface area (Å²) in [5, 5.41) is 0. The normalized spacial score (nSPS) is 20.4. The lowest BCUT2D eigenvalue weighted by molar-refractivity contribution is 0.0182. The molecule has 2 N–H and O–H groups in total. The molecule has 1 amide bonds. The van der Waals surface area contributed by atoms with E-state index in [-0.39, 0.29) is 11.6 Å². The summed E-state index contributed by atoms with van der Waals surface area (Å²) < 4.78 is 5.41. The third-order valence-corrected chi connectivity index (χ3v) is 4.22. The van der Waals surface area contributed by atoms with Gasteiger partial charge in [0.25, 0.3) is 0 Å². The summed E-state index contributed by atoms with van der Waals surface area (Å²) in [5.41, 5.74) is 8.47. The van der Waals surface area contributed by atoms with Gasteiger partial charge in [-0.25, -0.2) is 4.79 Å². The summed E-state index contributed by atoms with van der Waals surface area (Å²) in [6, 6.07) is 0. The van der Waals surface area contributed by atoms with Crippen molar-refractivity contribution in [1.82, 2.24) is 4.90 Å². The molecule has 0 saturated carbocycles. The van der Waals surface area contributed by atoms with Gasteiger partial charge >= 0.3 is 6.09 Å². The number of allylic oxidation sites excluding steroid dienone is 1. The molecule has 116 valence electrons. The van der Waals surface area contributed by atoms with E-state index >= 15 is 0 Å². The molecule has 0 atom stereocenters. The summed E-state index contributed by atoms with van der Waals surface area (Å²) in [5.74, 6) is 0. The van der Waals surface area contributed by atoms with Crippen molar-refractivity contribution in [2.75, 3.05) is 13.1 Å². The van der Waals surface area contributed by atoms with Crippen molar-refractivity contribution in [3.8, 4) is 0 Å². The minimum atomic E-state index is -0.442. The van der Waals surface area contributed by atoms with Gasteiger partial charge in [0.05, 0.1) is 0 Å². The lowest BCUT2D eigenvalue weighted by Gasteiger charge is -2.41. The van der Waals surface area contributed by atoms with E-state index in [4.69, 9.17) is 10.5 Å². The van der Waals surface area contributed by atoms with Crippen LogP contribution >= 0.6 is 0 Å². The van der Waals surface area contributed by atoms with E-state index in [1.807, 2.05) is 20.8 Å². The largest absolute Gasteiger partial charge is 0.444 e. The van der Waals surface area contributed by atoms with Gasteiger partial charge < -0.3 is 15.4 Å². The topological polar surface area (TPSA) is 55.6 Å². The SMILES string of the molecule is CC/C(C)=C(\C)C1(N)CCN(C(=O)OC(C)(C)C)CC1. The Morgan fingerprint density at radius 3 is 2.15 bits per heavy atom. The Labute approximate surface area is 123 Å². The predicted octanol–water partition coefficient (Wildman–Crippen LogP) is 3.46. The summed E-state index contributed by atoms with van der Waals surface area (Å²) >= 11 is 0. The Bertz CT molecular complexity index is 386. The van der Waals surface area contributed by atoms with E-state index in [1.54, 1.807) is 4.90 Å². The molecule has 0 unspecified atom stereocenters. The fourth-order valence-electron chi connectivity index (χ4n) is 2.48. The van der Waals surface area contributed by atoms with Gasteiger partial charge in [-0.3, -0.25) is 0 Å². The fraction of sp³-hybridized carbons (Fsp3) is 0.812. The van der Waals surface area contributed by atoms with Gasteiger partial charge in [0.15, 0.2) is 0 Å². The zero-order chi connectivity index (χ0) is 15.6. The highest BCUT2D eigenvalue weighted by Gasteiger charge is 2.35. The van der Waals surface area contributed by atoms with E-state index < -0.39 is 5.60 Å². The molecule has 1 heterocycles. The molecule has 1 aliphatic rings. The van der Waals surface area contributed by atoms with Gasteiger partial charge in [-0.15, -0.1) is 0 Å². The number of hydrogen-bond donors (Lipinski definition) is 1. The van der Waals surface area contributed by atoms with Crippen LogP contribution in [0.15, 0.2) is 11.1 Å². The molecule has 4 heteroatoms. The highest BCUT2D eigenvalue weighted by molar-refractivity contribution is 5.68. The van der Waals surface area contributed by atoms with Gasteiger partial charge in [0.2, 0.25) is 0 Å². The number of carbonyl (C=O) groups is 1. The standard InChI is InChI=1S/C16H30N2O2/c1-7-12(2)13(3)16(17)8-10-18(11-9-16)14(19)20-15(4,5)6/h7-11,17H2,1-6H3/b13-12+. The minimum Gasteiger partial charge on any atom is -0.444 e. The summed E-state index contributed by atoms with van der Waals surface area (Å²) in [6.07, 6.45) is 2.40. The highest BCUT2D eigenvalue weighted by Crippen LogP contribution is 2.30. The number of piperidine rings is 1. The lowest BCUT2D eigenvalue weighted by atomic mass is 9.80. The molecule has 1 saturated heterocycles. The maximum absolute atomic E-state index is 12.0. The Kier molecular flexibility index (Phi) is 5.25. The van der Waals surface area contributed by atoms with Crippen molar-refractivity contribution in [3.05, 3.63) is 11.1 Å². The van der Waals surface area contributed by atoms with Crippen LogP contribution in [0.5, 0.6) is 0 Å². The average molecular weight is 282 g/mol. The van der Waals surface area contributed by atoms with Crippen LogP contribution in [-0.4, -0.2) is 35.2 Å². The van der Waals surface area contributed by atoms with E-state index in [0.29, 0.717) is 13.1 Å². The molecule has 1 fully saturated rings. The van der Waals surface area contributed by atoms with Crippen LogP contribution in [0, 0.1) is 0 Å². The monoisotopic (exact) mass is 282 g/mol. The van der Waals surface area contributed by atoms with Crippen LogP contribution in [-0.2, 0) is 4.74 Å². The van der Waals surface area contributed by atoms with Crippen LogP contribution in [0.1, 0.15) is 60.8 Å². The fourth-order valence-corrected chi connectivity index (χ4v) is 2.48. The molecule has 0 aliphatic carbocycles. The second kappa shape index (κ2) is 6.17. The maximum Gasteiger partial charge on any atom is 0.410 e. The molecule has 4 nitrogen and oxygen atoms in total. The van der Waals surface area contributed by atoms with Crippen LogP contribution in [0.2, 0.25) is 0 Å². The summed E-state index contributed by atoms with van der Waals surface area (Å²) in [7, 11) is 0. The molecule has 0 bridgehead atoms. The summed E-state index contributed by atoms with van der Waals surface area (Å²) in [4.78, 5) is 13.8. The Hall–Kier alpha value is -1.03. The molecule has 1 rings (SSSR count). The molecule has 0 aromatic rings. The van der Waals surface area contributed by atoms with Crippen LogP contribution in [0.4, 0.5) is 4.79 Å². The average Bonchev–Trinajstić information content (AvgIpc) is 2.35. The van der Waals surface area contributed by atoms with Crippen molar-refractivity contribution >= 4 is 6.09 Å². The van der Waals surface area contributed by atoms with E-state index in [2.05, 4.69) is 20.8 Å². The molecule has 0 aromatic carbocycles. The summed E-state index contributed by atoms with van der Waals surface area (Å²) in [6.45, 7) is 13.4. The first-order chi connectivity index (χ1) is 9.09. The van der Waals surface area contributed by atoms with E-state index in [1.165, 1.54) is 11.1 Å². The second-order valence-electron chi connectivity index (χ2n) is 6.88. The van der Waals surface area contributed by atoms with E-state index in [0.717, 1.165) is 19.3 Å². The van der Waals surface area contributed by atoms with Crippen molar-refractivity contribution in [2.45, 2.75) is 71.9 Å². The molecular formula is C16H30N2O2. The zero-order valence-corrected chi connectivity index (χ0v) is 13.9. The Morgan fingerprint density at radius 1 is 1.25 bits per heavy atom. The van der Waals surface area contributed by atoms with Crippen molar-refractivity contribution < 1.29 is 9.53 Å². The number of likely N-dealkylation sites (tertiary alicyclic amines) is 1. The number of carbonyl (C=O) groups excluding carboxylic acids is 1. The predicted molar refractivity (Wildman–Crippen MR) is 82.6 cm³/mol. The second-order valence-corrected chi connectivity index (χ2v) is 6.88. The minimum absolute atomic E-state index is 0.228. The van der Waals surface area contributed by atoms with Gasteiger partial charge in [-0.05, 0) is 53.9 Å². The molecule has 0 radical (unpaired) electrons. The quantitative estimate of drug-likeness (QED) is 0.789. The van der Waals surface area contributed by atoms with Crippen molar-refractivity contribution in [1.29, 1.82) is 0 Å². The number of ether oxygens (including phenoxy) is 1. The molecule has 1 aliphatic heterocycles. The van der Waals surface area contributed by atoms with Gasteiger partial charge in [-0.1, -0.05) is 18.1 Å². The van der Waals surface area contributed by atoms with Crippen molar-refractivity contribution in [3.63, 3.8) is 0 Å². The third kappa shape index (κ3) is 4.23. The first-order valence-electron chi connectivity index (χ1n) is 7.52. The van der Waals surface area contributed by atoms with Gasteiger partial charge in [0, 0.05) is 18.6 Å². The molecular weight excluding hydrogens is 252 g/mol. The van der Waals surface area contributed by atoms with Gasteiger partial charge in [-0.2, -0.15) is 0 Å². The maximum atomic E-state index is 12.0. The van der Waals surface area contributed by atoms with Gasteiger partial charge in [0.1, 0.15) is 5.60 Å². The first-order valence-corrected chi connectivity index (χ1v) is 7.52. The lowest BCUT2D eigenvalue weighted by Crippen LogP contribution is -2.53. The molecule has 20 heavy (non-hydrogen) atoms. The first kappa shape index (κ1) is 17.0. The van der Waals surface area contributed by atoms with Crippen LogP contribution in [0.25, 0.3) is 0 Å². The third-order valence-electron chi connectivity index (χ3n) is 4.22. The molecule has 0 aromatic heterocycles. The van der Waals surface area contributed by atoms with Crippen molar-refractivity contribution in [2.24, 2.45) is 5.73 Å².